The molecule has 0 aromatic heterocycles. The highest BCUT2D eigenvalue weighted by molar-refractivity contribution is 5.95. The topological polar surface area (TPSA) is 70.7 Å². The number of ether oxygens (including phenoxy) is 1. The molecule has 0 saturated carbocycles. The van der Waals surface area contributed by atoms with Crippen molar-refractivity contribution in [3.8, 4) is 5.75 Å². The lowest BCUT2D eigenvalue weighted by Gasteiger charge is -2.35. The lowest BCUT2D eigenvalue weighted by Crippen LogP contribution is -2.52. The fourth-order valence-corrected chi connectivity index (χ4v) is 3.32. The van der Waals surface area contributed by atoms with E-state index >= 15 is 0 Å². The Morgan fingerprint density at radius 3 is 2.66 bits per heavy atom. The van der Waals surface area contributed by atoms with E-state index in [0.717, 1.165) is 18.5 Å². The van der Waals surface area contributed by atoms with Crippen molar-refractivity contribution < 1.29 is 18.7 Å². The summed E-state index contributed by atoms with van der Waals surface area (Å²) in [5.74, 6) is -0.352. The van der Waals surface area contributed by atoms with Gasteiger partial charge in [-0.25, -0.2) is 4.39 Å². The van der Waals surface area contributed by atoms with Gasteiger partial charge in [-0.1, -0.05) is 32.0 Å². The summed E-state index contributed by atoms with van der Waals surface area (Å²) in [6.07, 6.45) is 0.962. The predicted octanol–water partition coefficient (Wildman–Crippen LogP) is 3.34. The van der Waals surface area contributed by atoms with Gasteiger partial charge in [0, 0.05) is 11.7 Å². The van der Waals surface area contributed by atoms with E-state index in [0.29, 0.717) is 11.4 Å². The van der Waals surface area contributed by atoms with Gasteiger partial charge < -0.3 is 20.3 Å². The van der Waals surface area contributed by atoms with Crippen molar-refractivity contribution in [1.29, 1.82) is 0 Å². The number of nitrogens with zero attached hydrogens (tertiary/aromatic N) is 1. The highest BCUT2D eigenvalue weighted by Crippen LogP contribution is 2.33. The number of para-hydroxylation sites is 2. The van der Waals surface area contributed by atoms with E-state index in [2.05, 4.69) is 10.6 Å². The number of carbonyl (C=O) groups is 2. The molecule has 1 unspecified atom stereocenters. The van der Waals surface area contributed by atoms with Crippen LogP contribution < -0.4 is 20.3 Å². The molecule has 1 aliphatic heterocycles. The van der Waals surface area contributed by atoms with Crippen LogP contribution in [0.5, 0.6) is 5.75 Å². The van der Waals surface area contributed by atoms with E-state index in [4.69, 9.17) is 4.74 Å². The Balaban J connectivity index is 1.72. The van der Waals surface area contributed by atoms with E-state index < -0.39 is 11.9 Å². The summed E-state index contributed by atoms with van der Waals surface area (Å²) in [5.41, 5.74) is 1.13. The van der Waals surface area contributed by atoms with Gasteiger partial charge in [0.15, 0.2) is 6.10 Å². The Morgan fingerprint density at radius 2 is 1.93 bits per heavy atom. The number of amides is 2. The lowest BCUT2D eigenvalue weighted by atomic mass is 10.1. The van der Waals surface area contributed by atoms with Crippen LogP contribution in [0.1, 0.15) is 26.7 Å². The van der Waals surface area contributed by atoms with Crippen molar-refractivity contribution >= 4 is 23.2 Å². The maximum atomic E-state index is 13.4. The predicted molar refractivity (Wildman–Crippen MR) is 111 cm³/mol. The first-order valence-electron chi connectivity index (χ1n) is 9.86. The Labute approximate surface area is 170 Å². The van der Waals surface area contributed by atoms with Crippen molar-refractivity contribution in [3.63, 3.8) is 0 Å². The smallest absolute Gasteiger partial charge is 0.263 e. The van der Waals surface area contributed by atoms with Crippen molar-refractivity contribution in [2.24, 2.45) is 0 Å². The van der Waals surface area contributed by atoms with Crippen molar-refractivity contribution in [2.75, 3.05) is 23.3 Å². The largest absolute Gasteiger partial charge is 0.477 e. The molecule has 154 valence electrons. The SMILES string of the molecule is CCC(CC)NC(=O)C1CN(CC(=O)Nc2cccc(F)c2)c2ccccc2O1. The number of halogens is 1. The summed E-state index contributed by atoms with van der Waals surface area (Å²) in [4.78, 5) is 27.0. The molecule has 0 radical (unpaired) electrons. The van der Waals surface area contributed by atoms with Gasteiger partial charge in [-0.05, 0) is 43.2 Å². The minimum atomic E-state index is -0.715. The second kappa shape index (κ2) is 9.41. The second-order valence-corrected chi connectivity index (χ2v) is 7.04. The van der Waals surface area contributed by atoms with E-state index in [1.807, 2.05) is 36.9 Å². The molecule has 3 rings (SSSR count). The third-order valence-electron chi connectivity index (χ3n) is 4.93. The van der Waals surface area contributed by atoms with Crippen LogP contribution in [0.25, 0.3) is 0 Å². The monoisotopic (exact) mass is 399 g/mol. The molecule has 7 heteroatoms. The number of nitrogens with one attached hydrogen (secondary N) is 2. The van der Waals surface area contributed by atoms with Crippen LogP contribution in [0.2, 0.25) is 0 Å². The normalized spacial score (nSPS) is 15.4. The number of carbonyl (C=O) groups excluding carboxylic acids is 2. The number of hydrogen-bond donors (Lipinski definition) is 2. The average Bonchev–Trinajstić information content (AvgIpc) is 2.71. The standard InChI is InChI=1S/C22H26FN3O3/c1-3-16(4-2)25-22(28)20-13-26(18-10-5-6-11-19(18)29-20)14-21(27)24-17-9-7-8-15(23)12-17/h5-12,16,20H,3-4,13-14H2,1-2H3,(H,24,27)(H,25,28). The molecule has 0 fully saturated rings. The maximum Gasteiger partial charge on any atom is 0.263 e. The van der Waals surface area contributed by atoms with Gasteiger partial charge >= 0.3 is 0 Å². The third kappa shape index (κ3) is 5.25. The van der Waals surface area contributed by atoms with Crippen LogP contribution in [0.15, 0.2) is 48.5 Å². The molecule has 2 N–H and O–H groups in total. The molecule has 1 aliphatic rings. The molecule has 0 saturated heterocycles. The molecule has 1 heterocycles. The first-order chi connectivity index (χ1) is 14.0. The Morgan fingerprint density at radius 1 is 1.17 bits per heavy atom. The van der Waals surface area contributed by atoms with Gasteiger partial charge in [-0.15, -0.1) is 0 Å². The van der Waals surface area contributed by atoms with E-state index in [9.17, 15) is 14.0 Å². The van der Waals surface area contributed by atoms with Crippen molar-refractivity contribution in [3.05, 3.63) is 54.3 Å². The van der Waals surface area contributed by atoms with Crippen LogP contribution in [-0.4, -0.2) is 37.0 Å². The molecular formula is C22H26FN3O3. The number of fused-ring (bicyclic) bond motifs is 1. The molecule has 6 nitrogen and oxygen atoms in total. The number of hydrogen-bond acceptors (Lipinski definition) is 4. The molecule has 2 aromatic rings. The lowest BCUT2D eigenvalue weighted by molar-refractivity contribution is -0.129. The first kappa shape index (κ1) is 20.6. The second-order valence-electron chi connectivity index (χ2n) is 7.04. The first-order valence-corrected chi connectivity index (χ1v) is 9.86. The highest BCUT2D eigenvalue weighted by Gasteiger charge is 2.32. The zero-order chi connectivity index (χ0) is 20.8. The third-order valence-corrected chi connectivity index (χ3v) is 4.93. The molecule has 0 bridgehead atoms. The summed E-state index contributed by atoms with van der Waals surface area (Å²) in [6, 6.07) is 13.1. The summed E-state index contributed by atoms with van der Waals surface area (Å²) in [5, 5.41) is 5.70. The van der Waals surface area contributed by atoms with Gasteiger partial charge in [0.2, 0.25) is 5.91 Å². The van der Waals surface area contributed by atoms with E-state index in [1.54, 1.807) is 12.1 Å². The van der Waals surface area contributed by atoms with Crippen LogP contribution in [0.3, 0.4) is 0 Å². The average molecular weight is 399 g/mol. The molecule has 2 amide bonds. The van der Waals surface area contributed by atoms with Gasteiger partial charge in [-0.2, -0.15) is 0 Å². The maximum absolute atomic E-state index is 13.4. The minimum absolute atomic E-state index is 0.0195. The Hall–Kier alpha value is -3.09. The van der Waals surface area contributed by atoms with E-state index in [-0.39, 0.29) is 30.9 Å². The van der Waals surface area contributed by atoms with Crippen LogP contribution in [-0.2, 0) is 9.59 Å². The van der Waals surface area contributed by atoms with Gasteiger partial charge in [0.1, 0.15) is 11.6 Å². The summed E-state index contributed by atoms with van der Waals surface area (Å²) in [6.45, 7) is 4.31. The molecule has 0 spiro atoms. The highest BCUT2D eigenvalue weighted by atomic mass is 19.1. The Kier molecular flexibility index (Phi) is 6.69. The Bertz CT molecular complexity index is 870. The summed E-state index contributed by atoms with van der Waals surface area (Å²) >= 11 is 0. The van der Waals surface area contributed by atoms with Crippen LogP contribution >= 0.6 is 0 Å². The summed E-state index contributed by atoms with van der Waals surface area (Å²) < 4.78 is 19.2. The van der Waals surface area contributed by atoms with Gasteiger partial charge in [0.05, 0.1) is 18.8 Å². The van der Waals surface area contributed by atoms with Crippen molar-refractivity contribution in [2.45, 2.75) is 38.8 Å². The number of rotatable bonds is 7. The van der Waals surface area contributed by atoms with Gasteiger partial charge in [0.25, 0.3) is 5.91 Å². The molecule has 0 aliphatic carbocycles. The fraction of sp³-hybridized carbons (Fsp3) is 0.364. The summed E-state index contributed by atoms with van der Waals surface area (Å²) in [7, 11) is 0. The van der Waals surface area contributed by atoms with Crippen LogP contribution in [0.4, 0.5) is 15.8 Å². The fourth-order valence-electron chi connectivity index (χ4n) is 3.32. The van der Waals surface area contributed by atoms with Gasteiger partial charge in [-0.3, -0.25) is 9.59 Å². The molecule has 2 aromatic carbocycles. The quantitative estimate of drug-likeness (QED) is 0.749. The number of anilines is 2. The zero-order valence-corrected chi connectivity index (χ0v) is 16.7. The minimum Gasteiger partial charge on any atom is -0.477 e. The zero-order valence-electron chi connectivity index (χ0n) is 16.7. The molecular weight excluding hydrogens is 373 g/mol. The molecule has 29 heavy (non-hydrogen) atoms. The van der Waals surface area contributed by atoms with Crippen LogP contribution in [0, 0.1) is 5.82 Å². The van der Waals surface area contributed by atoms with Crippen molar-refractivity contribution in [1.82, 2.24) is 5.32 Å². The van der Waals surface area contributed by atoms with E-state index in [1.165, 1.54) is 18.2 Å². The molecule has 1 atom stereocenters. The number of benzene rings is 2.